The Morgan fingerprint density at radius 1 is 1.04 bits per heavy atom. The fourth-order valence-corrected chi connectivity index (χ4v) is 2.48. The Balaban J connectivity index is 2.00. The molecule has 1 N–H and O–H groups in total. The van der Waals surface area contributed by atoms with Gasteiger partial charge >= 0.3 is 5.97 Å². The van der Waals surface area contributed by atoms with Crippen LogP contribution < -0.4 is 10.1 Å². The van der Waals surface area contributed by atoms with Crippen molar-refractivity contribution >= 4 is 28.5 Å². The van der Waals surface area contributed by atoms with E-state index >= 15 is 0 Å². The van der Waals surface area contributed by atoms with E-state index in [4.69, 9.17) is 9.47 Å². The normalized spacial score (nSPS) is 10.5. The highest BCUT2D eigenvalue weighted by Gasteiger charge is 2.19. The van der Waals surface area contributed by atoms with Crippen LogP contribution in [0.2, 0.25) is 0 Å². The van der Waals surface area contributed by atoms with Gasteiger partial charge in [0.05, 0.1) is 30.4 Å². The van der Waals surface area contributed by atoms with Crippen molar-refractivity contribution in [2.45, 2.75) is 19.8 Å². The highest BCUT2D eigenvalue weighted by Crippen LogP contribution is 2.28. The molecule has 1 heterocycles. The largest absolute Gasteiger partial charge is 0.495 e. The van der Waals surface area contributed by atoms with Crippen LogP contribution in [0.4, 0.5) is 11.5 Å². The number of ether oxygens (including phenoxy) is 2. The Kier molecular flexibility index (Phi) is 5.63. The van der Waals surface area contributed by atoms with Gasteiger partial charge in [-0.1, -0.05) is 37.6 Å². The van der Waals surface area contributed by atoms with E-state index in [1.54, 1.807) is 7.11 Å². The van der Waals surface area contributed by atoms with Crippen molar-refractivity contribution in [3.8, 4) is 5.75 Å². The lowest BCUT2D eigenvalue weighted by molar-refractivity contribution is 0.0494. The summed E-state index contributed by atoms with van der Waals surface area (Å²) in [6, 6.07) is 14.8. The number of carbonyl (C=O) groups is 1. The molecule has 0 saturated heterocycles. The molecule has 0 atom stereocenters. The molecule has 0 bridgehead atoms. The highest BCUT2D eigenvalue weighted by molar-refractivity contribution is 5.96. The Bertz CT molecular complexity index is 912. The summed E-state index contributed by atoms with van der Waals surface area (Å²) in [4.78, 5) is 21.6. The zero-order chi connectivity index (χ0) is 18.4. The number of methoxy groups -OCH3 is 1. The molecule has 0 aliphatic heterocycles. The van der Waals surface area contributed by atoms with E-state index in [0.717, 1.165) is 12.8 Å². The SMILES string of the molecule is CCCCOC(=O)c1nc2ccccc2nc1Nc1ccccc1OC. The van der Waals surface area contributed by atoms with E-state index in [9.17, 15) is 4.79 Å². The predicted molar refractivity (Wildman–Crippen MR) is 101 cm³/mol. The van der Waals surface area contributed by atoms with Crippen molar-refractivity contribution < 1.29 is 14.3 Å². The van der Waals surface area contributed by atoms with Crippen molar-refractivity contribution in [2.24, 2.45) is 0 Å². The van der Waals surface area contributed by atoms with Crippen LogP contribution in [-0.4, -0.2) is 29.7 Å². The maximum atomic E-state index is 12.5. The zero-order valence-electron chi connectivity index (χ0n) is 14.9. The van der Waals surface area contributed by atoms with Gasteiger partial charge in [0, 0.05) is 0 Å². The standard InChI is InChI=1S/C20H21N3O3/c1-3-4-13-26-20(24)18-19(22-15-10-6-5-9-14(15)21-18)23-16-11-7-8-12-17(16)25-2/h5-12H,3-4,13H2,1-2H3,(H,22,23). The summed E-state index contributed by atoms with van der Waals surface area (Å²) in [6.07, 6.45) is 1.75. The summed E-state index contributed by atoms with van der Waals surface area (Å²) in [5, 5.41) is 3.16. The first-order valence-corrected chi connectivity index (χ1v) is 8.57. The number of para-hydroxylation sites is 4. The molecule has 0 amide bonds. The molecule has 0 unspecified atom stereocenters. The van der Waals surface area contributed by atoms with Gasteiger partial charge in [-0.25, -0.2) is 14.8 Å². The lowest BCUT2D eigenvalue weighted by atomic mass is 10.2. The molecule has 134 valence electrons. The molecular weight excluding hydrogens is 330 g/mol. The third-order valence-corrected chi connectivity index (χ3v) is 3.85. The summed E-state index contributed by atoms with van der Waals surface area (Å²) in [7, 11) is 1.59. The number of benzene rings is 2. The van der Waals surface area contributed by atoms with E-state index in [2.05, 4.69) is 15.3 Å². The second-order valence-electron chi connectivity index (χ2n) is 5.72. The molecule has 0 aliphatic rings. The van der Waals surface area contributed by atoms with Gasteiger partial charge in [0.25, 0.3) is 0 Å². The van der Waals surface area contributed by atoms with Gasteiger partial charge in [-0.3, -0.25) is 0 Å². The van der Waals surface area contributed by atoms with Crippen molar-refractivity contribution in [2.75, 3.05) is 19.0 Å². The minimum atomic E-state index is -0.492. The van der Waals surface area contributed by atoms with Crippen LogP contribution in [0.3, 0.4) is 0 Å². The molecule has 0 saturated carbocycles. The van der Waals surface area contributed by atoms with Gasteiger partial charge in [-0.05, 0) is 30.7 Å². The Morgan fingerprint density at radius 2 is 1.73 bits per heavy atom. The Morgan fingerprint density at radius 3 is 2.46 bits per heavy atom. The summed E-state index contributed by atoms with van der Waals surface area (Å²) < 4.78 is 10.7. The minimum Gasteiger partial charge on any atom is -0.495 e. The van der Waals surface area contributed by atoms with E-state index in [-0.39, 0.29) is 5.69 Å². The van der Waals surface area contributed by atoms with Gasteiger partial charge < -0.3 is 14.8 Å². The second kappa shape index (κ2) is 8.29. The molecule has 2 aromatic carbocycles. The average molecular weight is 351 g/mol. The molecule has 0 aliphatic carbocycles. The first-order valence-electron chi connectivity index (χ1n) is 8.57. The van der Waals surface area contributed by atoms with E-state index in [0.29, 0.717) is 34.9 Å². The number of hydrogen-bond donors (Lipinski definition) is 1. The van der Waals surface area contributed by atoms with Crippen molar-refractivity contribution in [3.63, 3.8) is 0 Å². The van der Waals surface area contributed by atoms with Gasteiger partial charge in [0.2, 0.25) is 0 Å². The number of rotatable bonds is 7. The number of fused-ring (bicyclic) bond motifs is 1. The molecule has 3 rings (SSSR count). The van der Waals surface area contributed by atoms with Crippen molar-refractivity contribution in [3.05, 3.63) is 54.2 Å². The van der Waals surface area contributed by atoms with Crippen LogP contribution in [0.1, 0.15) is 30.3 Å². The van der Waals surface area contributed by atoms with Gasteiger partial charge in [-0.15, -0.1) is 0 Å². The fraction of sp³-hybridized carbons (Fsp3) is 0.250. The molecule has 26 heavy (non-hydrogen) atoms. The highest BCUT2D eigenvalue weighted by atomic mass is 16.5. The maximum Gasteiger partial charge on any atom is 0.360 e. The monoisotopic (exact) mass is 351 g/mol. The molecule has 1 aromatic heterocycles. The lowest BCUT2D eigenvalue weighted by Crippen LogP contribution is -2.13. The number of carbonyl (C=O) groups excluding carboxylic acids is 1. The van der Waals surface area contributed by atoms with Gasteiger partial charge in [0.1, 0.15) is 5.75 Å². The summed E-state index contributed by atoms with van der Waals surface area (Å²) in [6.45, 7) is 2.40. The average Bonchev–Trinajstić information content (AvgIpc) is 2.68. The molecule has 0 radical (unpaired) electrons. The third-order valence-electron chi connectivity index (χ3n) is 3.85. The topological polar surface area (TPSA) is 73.3 Å². The molecule has 0 spiro atoms. The number of anilines is 2. The summed E-state index contributed by atoms with van der Waals surface area (Å²) >= 11 is 0. The quantitative estimate of drug-likeness (QED) is 0.504. The molecular formula is C20H21N3O3. The predicted octanol–water partition coefficient (Wildman–Crippen LogP) is 4.34. The number of nitrogens with one attached hydrogen (secondary N) is 1. The fourth-order valence-electron chi connectivity index (χ4n) is 2.48. The Labute approximate surface area is 152 Å². The zero-order valence-corrected chi connectivity index (χ0v) is 14.9. The number of esters is 1. The number of nitrogens with zero attached hydrogens (tertiary/aromatic N) is 2. The minimum absolute atomic E-state index is 0.158. The summed E-state index contributed by atoms with van der Waals surface area (Å²) in [5.41, 5.74) is 2.18. The third kappa shape index (κ3) is 3.91. The van der Waals surface area contributed by atoms with Gasteiger partial charge in [0.15, 0.2) is 11.5 Å². The smallest absolute Gasteiger partial charge is 0.360 e. The number of aromatic nitrogens is 2. The van der Waals surface area contributed by atoms with Crippen LogP contribution in [0, 0.1) is 0 Å². The maximum absolute atomic E-state index is 12.5. The van der Waals surface area contributed by atoms with Crippen LogP contribution in [0.5, 0.6) is 5.75 Å². The van der Waals surface area contributed by atoms with Crippen LogP contribution in [0.15, 0.2) is 48.5 Å². The van der Waals surface area contributed by atoms with Crippen molar-refractivity contribution in [1.82, 2.24) is 9.97 Å². The number of hydrogen-bond acceptors (Lipinski definition) is 6. The summed E-state index contributed by atoms with van der Waals surface area (Å²) in [5.74, 6) is 0.497. The molecule has 3 aromatic rings. The van der Waals surface area contributed by atoms with Crippen LogP contribution in [-0.2, 0) is 4.74 Å². The first kappa shape index (κ1) is 17.7. The van der Waals surface area contributed by atoms with E-state index in [1.807, 2.05) is 55.5 Å². The lowest BCUT2D eigenvalue weighted by Gasteiger charge is -2.13. The molecule has 0 fully saturated rings. The Hall–Kier alpha value is -3.15. The van der Waals surface area contributed by atoms with Gasteiger partial charge in [-0.2, -0.15) is 0 Å². The number of unbranched alkanes of at least 4 members (excludes halogenated alkanes) is 1. The van der Waals surface area contributed by atoms with E-state index in [1.165, 1.54) is 0 Å². The van der Waals surface area contributed by atoms with Crippen LogP contribution >= 0.6 is 0 Å². The van der Waals surface area contributed by atoms with Crippen LogP contribution in [0.25, 0.3) is 11.0 Å². The van der Waals surface area contributed by atoms with E-state index < -0.39 is 5.97 Å². The second-order valence-corrected chi connectivity index (χ2v) is 5.72. The molecule has 6 nitrogen and oxygen atoms in total. The first-order chi connectivity index (χ1) is 12.7. The molecule has 6 heteroatoms. The van der Waals surface area contributed by atoms with Crippen molar-refractivity contribution in [1.29, 1.82) is 0 Å².